The maximum atomic E-state index is 12.3. The Hall–Kier alpha value is -0.840. The minimum atomic E-state index is -2.95. The van der Waals surface area contributed by atoms with Gasteiger partial charge in [0.15, 0.2) is 0 Å². The van der Waals surface area contributed by atoms with Gasteiger partial charge in [0.05, 0.1) is 5.25 Å². The van der Waals surface area contributed by atoms with Gasteiger partial charge in [-0.15, -0.1) is 0 Å². The Morgan fingerprint density at radius 3 is 2.33 bits per heavy atom. The molecule has 1 heterocycles. The van der Waals surface area contributed by atoms with Gasteiger partial charge >= 0.3 is 0 Å². The van der Waals surface area contributed by atoms with Crippen LogP contribution in [0.15, 0.2) is 12.2 Å². The van der Waals surface area contributed by atoms with Crippen molar-refractivity contribution in [2.24, 2.45) is 5.92 Å². The lowest BCUT2D eigenvalue weighted by Gasteiger charge is -2.33. The van der Waals surface area contributed by atoms with E-state index in [2.05, 4.69) is 12.2 Å². The van der Waals surface area contributed by atoms with Crippen molar-refractivity contribution in [1.82, 2.24) is 4.90 Å². The van der Waals surface area contributed by atoms with Gasteiger partial charge in [-0.05, 0) is 32.1 Å². The van der Waals surface area contributed by atoms with Crippen LogP contribution in [0, 0.1) is 5.92 Å². The largest absolute Gasteiger partial charge is 0.342 e. The molecule has 102 valence electrons. The third-order valence-corrected chi connectivity index (χ3v) is 5.66. The highest BCUT2D eigenvalue weighted by Gasteiger charge is 2.31. The summed E-state index contributed by atoms with van der Waals surface area (Å²) in [6.07, 6.45) is 9.43. The third-order valence-electron chi connectivity index (χ3n) is 3.98. The highest BCUT2D eigenvalue weighted by Crippen LogP contribution is 2.24. The molecule has 1 saturated heterocycles. The minimum Gasteiger partial charge on any atom is -0.342 e. The molecule has 2 aliphatic rings. The first-order valence-corrected chi connectivity index (χ1v) is 8.56. The molecule has 0 N–H and O–H groups in total. The number of nitrogens with zero attached hydrogens (tertiary/aromatic N) is 1. The summed E-state index contributed by atoms with van der Waals surface area (Å²) in [6, 6.07) is 0. The van der Waals surface area contributed by atoms with Crippen LogP contribution >= 0.6 is 0 Å². The van der Waals surface area contributed by atoms with E-state index < -0.39 is 9.84 Å². The van der Waals surface area contributed by atoms with Crippen molar-refractivity contribution < 1.29 is 13.2 Å². The number of hydrogen-bond donors (Lipinski definition) is 0. The van der Waals surface area contributed by atoms with E-state index in [9.17, 15) is 13.2 Å². The second-order valence-electron chi connectivity index (χ2n) is 5.34. The van der Waals surface area contributed by atoms with Crippen LogP contribution < -0.4 is 0 Å². The van der Waals surface area contributed by atoms with Crippen LogP contribution in [0.2, 0.25) is 0 Å². The van der Waals surface area contributed by atoms with E-state index in [1.54, 1.807) is 0 Å². The molecule has 0 aromatic rings. The summed E-state index contributed by atoms with van der Waals surface area (Å²) in [4.78, 5) is 14.1. The van der Waals surface area contributed by atoms with E-state index in [0.717, 1.165) is 19.3 Å². The van der Waals surface area contributed by atoms with Crippen LogP contribution in [-0.2, 0) is 14.6 Å². The molecule has 0 unspecified atom stereocenters. The first-order valence-electron chi connectivity index (χ1n) is 6.61. The number of likely N-dealkylation sites (tertiary alicyclic amines) is 1. The molecular weight excluding hydrogens is 250 g/mol. The number of piperidine rings is 1. The Morgan fingerprint density at radius 2 is 1.83 bits per heavy atom. The third kappa shape index (κ3) is 3.13. The van der Waals surface area contributed by atoms with E-state index in [0.29, 0.717) is 25.9 Å². The number of sulfone groups is 1. The van der Waals surface area contributed by atoms with Gasteiger partial charge in [0.1, 0.15) is 9.84 Å². The molecule has 0 saturated carbocycles. The van der Waals surface area contributed by atoms with Crippen molar-refractivity contribution in [2.45, 2.75) is 37.4 Å². The van der Waals surface area contributed by atoms with Crippen LogP contribution in [0.3, 0.4) is 0 Å². The molecule has 0 spiro atoms. The molecule has 1 aliphatic carbocycles. The lowest BCUT2D eigenvalue weighted by Crippen LogP contribution is -2.44. The van der Waals surface area contributed by atoms with Crippen LogP contribution in [-0.4, -0.2) is 43.8 Å². The highest BCUT2D eigenvalue weighted by atomic mass is 32.2. The molecular formula is C13H21NO3S. The quantitative estimate of drug-likeness (QED) is 0.713. The van der Waals surface area contributed by atoms with E-state index in [4.69, 9.17) is 0 Å². The van der Waals surface area contributed by atoms with Crippen molar-refractivity contribution in [1.29, 1.82) is 0 Å². The van der Waals surface area contributed by atoms with Crippen LogP contribution in [0.5, 0.6) is 0 Å². The Balaban J connectivity index is 1.89. The summed E-state index contributed by atoms with van der Waals surface area (Å²) < 4.78 is 22.9. The number of carbonyl (C=O) groups excluding carboxylic acids is 1. The summed E-state index contributed by atoms with van der Waals surface area (Å²) in [6.45, 7) is 1.19. The monoisotopic (exact) mass is 271 g/mol. The molecule has 0 radical (unpaired) electrons. The van der Waals surface area contributed by atoms with E-state index in [-0.39, 0.29) is 17.1 Å². The highest BCUT2D eigenvalue weighted by molar-refractivity contribution is 7.91. The van der Waals surface area contributed by atoms with Crippen molar-refractivity contribution in [2.75, 3.05) is 19.3 Å². The Bertz CT molecular complexity index is 433. The van der Waals surface area contributed by atoms with Crippen LogP contribution in [0.1, 0.15) is 32.1 Å². The lowest BCUT2D eigenvalue weighted by atomic mass is 9.92. The maximum absolute atomic E-state index is 12.3. The van der Waals surface area contributed by atoms with E-state index in [1.807, 2.05) is 4.90 Å². The summed E-state index contributed by atoms with van der Waals surface area (Å²) in [5.74, 6) is 0.330. The molecule has 1 amide bonds. The van der Waals surface area contributed by atoms with E-state index >= 15 is 0 Å². The zero-order chi connectivity index (χ0) is 13.2. The van der Waals surface area contributed by atoms with Gasteiger partial charge in [0.2, 0.25) is 5.91 Å². The summed E-state index contributed by atoms with van der Waals surface area (Å²) in [7, 11) is -2.95. The van der Waals surface area contributed by atoms with Gasteiger partial charge in [-0.1, -0.05) is 12.2 Å². The first kappa shape index (κ1) is 13.6. The number of allylic oxidation sites excluding steroid dienone is 2. The zero-order valence-corrected chi connectivity index (χ0v) is 11.7. The summed E-state index contributed by atoms with van der Waals surface area (Å²) in [5, 5.41) is -0.257. The van der Waals surface area contributed by atoms with Gasteiger partial charge < -0.3 is 4.90 Å². The molecule has 0 aromatic carbocycles. The summed E-state index contributed by atoms with van der Waals surface area (Å²) >= 11 is 0. The molecule has 0 aromatic heterocycles. The second-order valence-corrected chi connectivity index (χ2v) is 7.66. The molecule has 1 atom stereocenters. The average molecular weight is 271 g/mol. The van der Waals surface area contributed by atoms with Crippen molar-refractivity contribution in [3.05, 3.63) is 12.2 Å². The fraction of sp³-hybridized carbons (Fsp3) is 0.769. The van der Waals surface area contributed by atoms with Gasteiger partial charge in [-0.25, -0.2) is 8.42 Å². The summed E-state index contributed by atoms with van der Waals surface area (Å²) in [5.41, 5.74) is 0. The van der Waals surface area contributed by atoms with Crippen molar-refractivity contribution in [3.8, 4) is 0 Å². The Morgan fingerprint density at radius 1 is 1.17 bits per heavy atom. The van der Waals surface area contributed by atoms with Gasteiger partial charge in [-0.3, -0.25) is 4.79 Å². The van der Waals surface area contributed by atoms with Gasteiger partial charge in [0.25, 0.3) is 0 Å². The number of amides is 1. The number of rotatable bonds is 2. The molecule has 0 bridgehead atoms. The molecule has 2 rings (SSSR count). The van der Waals surface area contributed by atoms with Gasteiger partial charge in [0, 0.05) is 25.3 Å². The number of hydrogen-bond acceptors (Lipinski definition) is 3. The molecule has 5 heteroatoms. The van der Waals surface area contributed by atoms with Crippen LogP contribution in [0.25, 0.3) is 0 Å². The topological polar surface area (TPSA) is 54.5 Å². The normalized spacial score (nSPS) is 26.3. The minimum absolute atomic E-state index is 0.116. The van der Waals surface area contributed by atoms with Crippen LogP contribution in [0.4, 0.5) is 0 Å². The molecule has 1 aliphatic heterocycles. The molecule has 1 fully saturated rings. The SMILES string of the molecule is CS(=O)(=O)C1CCN(C(=O)[C@@H]2CC=CCC2)CC1. The first-order chi connectivity index (χ1) is 8.48. The smallest absolute Gasteiger partial charge is 0.226 e. The Kier molecular flexibility index (Phi) is 4.10. The predicted molar refractivity (Wildman–Crippen MR) is 70.9 cm³/mol. The standard InChI is InChI=1S/C13H21NO3S/c1-18(16,17)12-7-9-14(10-8-12)13(15)11-5-3-2-4-6-11/h2-3,11-12H,4-10H2,1H3/t11-/m1/s1. The van der Waals surface area contributed by atoms with E-state index in [1.165, 1.54) is 6.26 Å². The average Bonchev–Trinajstić information content (AvgIpc) is 2.38. The fourth-order valence-electron chi connectivity index (χ4n) is 2.78. The Labute approximate surface area is 109 Å². The zero-order valence-electron chi connectivity index (χ0n) is 10.8. The second kappa shape index (κ2) is 5.43. The number of carbonyl (C=O) groups is 1. The maximum Gasteiger partial charge on any atom is 0.226 e. The van der Waals surface area contributed by atoms with Crippen molar-refractivity contribution >= 4 is 15.7 Å². The van der Waals surface area contributed by atoms with Gasteiger partial charge in [-0.2, -0.15) is 0 Å². The van der Waals surface area contributed by atoms with Crippen molar-refractivity contribution in [3.63, 3.8) is 0 Å². The molecule has 4 nitrogen and oxygen atoms in total. The lowest BCUT2D eigenvalue weighted by molar-refractivity contribution is -0.136. The molecule has 18 heavy (non-hydrogen) atoms. The fourth-order valence-corrected chi connectivity index (χ4v) is 3.85. The predicted octanol–water partition coefficient (Wildman–Crippen LogP) is 1.38.